The van der Waals surface area contributed by atoms with E-state index in [0.717, 1.165) is 28.3 Å². The molecule has 1 aliphatic heterocycles. The van der Waals surface area contributed by atoms with Crippen molar-refractivity contribution in [3.8, 4) is 0 Å². The van der Waals surface area contributed by atoms with E-state index in [1.54, 1.807) is 6.26 Å². The van der Waals surface area contributed by atoms with Crippen LogP contribution in [0.3, 0.4) is 0 Å². The fraction of sp³-hybridized carbons (Fsp3) is 0.154. The maximum atomic E-state index is 11.9. The zero-order valence-corrected chi connectivity index (χ0v) is 9.04. The molecule has 2 N–H and O–H groups in total. The third-order valence-electron chi connectivity index (χ3n) is 3.39. The molecule has 17 heavy (non-hydrogen) atoms. The molecule has 4 rings (SSSR count). The molecular formula is C13H10N2O2. The third kappa shape index (κ3) is 1.04. The molecular weight excluding hydrogens is 216 g/mol. The molecule has 1 aliphatic rings. The van der Waals surface area contributed by atoms with E-state index < -0.39 is 0 Å². The number of hydrogen-bond donors (Lipinski definition) is 2. The van der Waals surface area contributed by atoms with Gasteiger partial charge in [-0.3, -0.25) is 4.79 Å². The van der Waals surface area contributed by atoms with Crippen LogP contribution >= 0.6 is 0 Å². The van der Waals surface area contributed by atoms with Gasteiger partial charge in [0.25, 0.3) is 5.91 Å². The molecule has 1 amide bonds. The van der Waals surface area contributed by atoms with Crippen LogP contribution in [-0.4, -0.2) is 17.4 Å². The van der Waals surface area contributed by atoms with E-state index in [-0.39, 0.29) is 5.91 Å². The average molecular weight is 226 g/mol. The Balaban J connectivity index is 2.30. The van der Waals surface area contributed by atoms with Gasteiger partial charge in [0.1, 0.15) is 11.8 Å². The first-order valence-corrected chi connectivity index (χ1v) is 5.63. The summed E-state index contributed by atoms with van der Waals surface area (Å²) in [6.07, 6.45) is 4.40. The van der Waals surface area contributed by atoms with E-state index in [1.165, 1.54) is 5.56 Å². The Morgan fingerprint density at radius 1 is 1.24 bits per heavy atom. The van der Waals surface area contributed by atoms with E-state index in [4.69, 9.17) is 4.42 Å². The van der Waals surface area contributed by atoms with Gasteiger partial charge in [-0.25, -0.2) is 0 Å². The van der Waals surface area contributed by atoms with Gasteiger partial charge >= 0.3 is 0 Å². The number of rotatable bonds is 0. The van der Waals surface area contributed by atoms with Crippen molar-refractivity contribution in [2.24, 2.45) is 0 Å². The minimum atomic E-state index is -0.0527. The van der Waals surface area contributed by atoms with Crippen LogP contribution in [0, 0.1) is 0 Å². The number of furan rings is 1. The maximum absolute atomic E-state index is 11.9. The molecule has 84 valence electrons. The molecule has 3 aromatic rings. The van der Waals surface area contributed by atoms with Gasteiger partial charge in [-0.15, -0.1) is 0 Å². The highest BCUT2D eigenvalue weighted by Crippen LogP contribution is 2.33. The highest BCUT2D eigenvalue weighted by atomic mass is 16.3. The van der Waals surface area contributed by atoms with Crippen LogP contribution in [0.5, 0.6) is 0 Å². The summed E-state index contributed by atoms with van der Waals surface area (Å²) in [7, 11) is 0. The van der Waals surface area contributed by atoms with Gasteiger partial charge in [0.05, 0.1) is 5.56 Å². The molecule has 0 unspecified atom stereocenters. The quantitative estimate of drug-likeness (QED) is 0.617. The van der Waals surface area contributed by atoms with Gasteiger partial charge in [0.2, 0.25) is 0 Å². The molecule has 0 radical (unpaired) electrons. The first-order valence-electron chi connectivity index (χ1n) is 5.63. The summed E-state index contributed by atoms with van der Waals surface area (Å²) in [6, 6.07) is 3.89. The number of carbonyl (C=O) groups is 1. The number of benzene rings is 1. The van der Waals surface area contributed by atoms with Crippen molar-refractivity contribution in [3.63, 3.8) is 0 Å². The lowest BCUT2D eigenvalue weighted by Crippen LogP contribution is -2.26. The van der Waals surface area contributed by atoms with Crippen molar-refractivity contribution in [2.75, 3.05) is 6.54 Å². The second-order valence-corrected chi connectivity index (χ2v) is 4.33. The van der Waals surface area contributed by atoms with Crippen LogP contribution in [0.15, 0.2) is 29.0 Å². The smallest absolute Gasteiger partial charge is 0.255 e. The van der Waals surface area contributed by atoms with Crippen molar-refractivity contribution in [3.05, 3.63) is 35.7 Å². The topological polar surface area (TPSA) is 58.0 Å². The first-order chi connectivity index (χ1) is 8.34. The SMILES string of the molecule is O=C1NCCc2c[nH]c3ccc4occ1c4c23. The lowest BCUT2D eigenvalue weighted by molar-refractivity contribution is 0.0954. The van der Waals surface area contributed by atoms with E-state index in [0.29, 0.717) is 12.1 Å². The van der Waals surface area contributed by atoms with Crippen LogP contribution < -0.4 is 5.32 Å². The lowest BCUT2D eigenvalue weighted by Gasteiger charge is -2.08. The molecule has 0 atom stereocenters. The van der Waals surface area contributed by atoms with Crippen molar-refractivity contribution in [1.82, 2.24) is 10.3 Å². The Morgan fingerprint density at radius 3 is 3.12 bits per heavy atom. The van der Waals surface area contributed by atoms with E-state index in [2.05, 4.69) is 10.3 Å². The number of aromatic amines is 1. The molecule has 0 spiro atoms. The summed E-state index contributed by atoms with van der Waals surface area (Å²) < 4.78 is 5.46. The molecule has 1 aromatic carbocycles. The zero-order valence-electron chi connectivity index (χ0n) is 9.04. The highest BCUT2D eigenvalue weighted by Gasteiger charge is 2.20. The number of aromatic nitrogens is 1. The Labute approximate surface area is 96.6 Å². The van der Waals surface area contributed by atoms with E-state index >= 15 is 0 Å². The number of carbonyl (C=O) groups excluding carboxylic acids is 1. The first kappa shape index (κ1) is 8.87. The van der Waals surface area contributed by atoms with Gasteiger partial charge in [-0.2, -0.15) is 0 Å². The minimum Gasteiger partial charge on any atom is -0.463 e. The number of H-pyrrole nitrogens is 1. The second-order valence-electron chi connectivity index (χ2n) is 4.33. The second kappa shape index (κ2) is 2.91. The lowest BCUT2D eigenvalue weighted by atomic mass is 10.0. The van der Waals surface area contributed by atoms with Crippen LogP contribution in [0.25, 0.3) is 21.9 Å². The molecule has 0 fully saturated rings. The highest BCUT2D eigenvalue weighted by molar-refractivity contribution is 6.17. The Hall–Kier alpha value is -2.23. The number of nitrogens with one attached hydrogen (secondary N) is 2. The van der Waals surface area contributed by atoms with E-state index in [9.17, 15) is 4.79 Å². The summed E-state index contributed by atoms with van der Waals surface area (Å²) in [5.74, 6) is -0.0527. The normalized spacial score (nSPS) is 15.2. The molecule has 3 heterocycles. The Bertz CT molecular complexity index is 751. The summed E-state index contributed by atoms with van der Waals surface area (Å²) in [6.45, 7) is 0.660. The van der Waals surface area contributed by atoms with Crippen LogP contribution in [0.2, 0.25) is 0 Å². The molecule has 4 heteroatoms. The van der Waals surface area contributed by atoms with Gasteiger partial charge < -0.3 is 14.7 Å². The molecule has 4 nitrogen and oxygen atoms in total. The predicted molar refractivity (Wildman–Crippen MR) is 64.1 cm³/mol. The van der Waals surface area contributed by atoms with Crippen molar-refractivity contribution < 1.29 is 9.21 Å². The van der Waals surface area contributed by atoms with Gasteiger partial charge in [-0.05, 0) is 24.1 Å². The fourth-order valence-electron chi connectivity index (χ4n) is 2.59. The van der Waals surface area contributed by atoms with Gasteiger partial charge in [0, 0.05) is 29.0 Å². The van der Waals surface area contributed by atoms with E-state index in [1.807, 2.05) is 18.3 Å². The predicted octanol–water partition coefficient (Wildman–Crippen LogP) is 2.20. The van der Waals surface area contributed by atoms with Crippen molar-refractivity contribution in [2.45, 2.75) is 6.42 Å². The molecule has 0 saturated heterocycles. The largest absolute Gasteiger partial charge is 0.463 e. The zero-order chi connectivity index (χ0) is 11.4. The summed E-state index contributed by atoms with van der Waals surface area (Å²) in [4.78, 5) is 15.2. The van der Waals surface area contributed by atoms with Crippen LogP contribution in [-0.2, 0) is 6.42 Å². The molecule has 2 aromatic heterocycles. The summed E-state index contributed by atoms with van der Waals surface area (Å²) >= 11 is 0. The summed E-state index contributed by atoms with van der Waals surface area (Å²) in [5.41, 5.74) is 3.69. The minimum absolute atomic E-state index is 0.0527. The van der Waals surface area contributed by atoms with Gasteiger partial charge in [-0.1, -0.05) is 0 Å². The van der Waals surface area contributed by atoms with Crippen molar-refractivity contribution in [1.29, 1.82) is 0 Å². The van der Waals surface area contributed by atoms with Crippen LogP contribution in [0.4, 0.5) is 0 Å². The number of amides is 1. The molecule has 0 aliphatic carbocycles. The monoisotopic (exact) mass is 226 g/mol. The average Bonchev–Trinajstić information content (AvgIpc) is 2.89. The Kier molecular flexibility index (Phi) is 1.52. The molecule has 0 saturated carbocycles. The number of hydrogen-bond acceptors (Lipinski definition) is 2. The maximum Gasteiger partial charge on any atom is 0.255 e. The Morgan fingerprint density at radius 2 is 2.18 bits per heavy atom. The summed E-state index contributed by atoms with van der Waals surface area (Å²) in [5, 5.41) is 4.94. The van der Waals surface area contributed by atoms with Crippen molar-refractivity contribution >= 4 is 27.8 Å². The van der Waals surface area contributed by atoms with Gasteiger partial charge in [0.15, 0.2) is 0 Å². The third-order valence-corrected chi connectivity index (χ3v) is 3.39. The standard InChI is InChI=1S/C13H10N2O2/c16-13-8-6-17-10-2-1-9-11(12(8)10)7(5-15-9)3-4-14-13/h1-2,5-6,15H,3-4H2,(H,14,16). The molecule has 0 bridgehead atoms. The fourth-order valence-corrected chi connectivity index (χ4v) is 2.59. The van der Waals surface area contributed by atoms with Crippen LogP contribution in [0.1, 0.15) is 15.9 Å².